The first-order valence-corrected chi connectivity index (χ1v) is 8.47. The van der Waals surface area contributed by atoms with Gasteiger partial charge in [-0.2, -0.15) is 5.10 Å². The average molecular weight is 309 g/mol. The summed E-state index contributed by atoms with van der Waals surface area (Å²) >= 11 is 1.70. The number of nitrogens with zero attached hydrogens (tertiary/aromatic N) is 2. The van der Waals surface area contributed by atoms with Gasteiger partial charge in [-0.3, -0.25) is 10.4 Å². The number of nitrogens with one attached hydrogen (secondary N) is 1. The predicted molar refractivity (Wildman–Crippen MR) is 95.5 cm³/mol. The predicted octanol–water partition coefficient (Wildman–Crippen LogP) is 3.85. The van der Waals surface area contributed by atoms with Gasteiger partial charge in [0.2, 0.25) is 0 Å². The molecule has 0 unspecified atom stereocenters. The van der Waals surface area contributed by atoms with Crippen LogP contribution >= 0.6 is 11.8 Å². The van der Waals surface area contributed by atoms with Crippen LogP contribution in [0.3, 0.4) is 0 Å². The number of thioether (sulfide) groups is 1. The molecule has 112 valence electrons. The molecular weight excluding hydrogens is 290 g/mol. The molecule has 0 aliphatic carbocycles. The van der Waals surface area contributed by atoms with E-state index in [1.54, 1.807) is 11.8 Å². The molecule has 0 saturated heterocycles. The van der Waals surface area contributed by atoms with Crippen molar-refractivity contribution in [2.24, 2.45) is 10.1 Å². The highest BCUT2D eigenvalue weighted by molar-refractivity contribution is 8.14. The van der Waals surface area contributed by atoms with E-state index in [1.807, 2.05) is 18.2 Å². The average Bonchev–Trinajstić information content (AvgIpc) is 2.61. The van der Waals surface area contributed by atoms with Gasteiger partial charge in [-0.25, -0.2) is 0 Å². The van der Waals surface area contributed by atoms with E-state index in [0.717, 1.165) is 23.1 Å². The van der Waals surface area contributed by atoms with Crippen LogP contribution in [0.5, 0.6) is 0 Å². The fourth-order valence-electron chi connectivity index (χ4n) is 2.22. The van der Waals surface area contributed by atoms with Crippen LogP contribution in [-0.4, -0.2) is 16.6 Å². The highest BCUT2D eigenvalue weighted by Gasteiger charge is 2.12. The zero-order valence-electron chi connectivity index (χ0n) is 12.6. The second-order valence-electron chi connectivity index (χ2n) is 5.12. The van der Waals surface area contributed by atoms with E-state index in [0.29, 0.717) is 6.54 Å². The van der Waals surface area contributed by atoms with Crippen molar-refractivity contribution in [1.29, 1.82) is 0 Å². The van der Waals surface area contributed by atoms with Gasteiger partial charge >= 0.3 is 0 Å². The number of aryl methyl sites for hydroxylation is 1. The number of benzene rings is 2. The van der Waals surface area contributed by atoms with Gasteiger partial charge < -0.3 is 0 Å². The quantitative estimate of drug-likeness (QED) is 0.931. The Labute approximate surface area is 135 Å². The molecule has 3 nitrogen and oxygen atoms in total. The molecule has 0 fully saturated rings. The maximum Gasteiger partial charge on any atom is 0.177 e. The Morgan fingerprint density at radius 2 is 1.82 bits per heavy atom. The van der Waals surface area contributed by atoms with E-state index in [9.17, 15) is 0 Å². The molecule has 0 bridgehead atoms. The van der Waals surface area contributed by atoms with Crippen LogP contribution in [-0.2, 0) is 13.0 Å². The second kappa shape index (κ2) is 7.27. The maximum absolute atomic E-state index is 4.57. The minimum absolute atomic E-state index is 0.687. The molecule has 0 aromatic heterocycles. The molecule has 0 spiro atoms. The van der Waals surface area contributed by atoms with Gasteiger partial charge in [-0.05, 0) is 23.1 Å². The summed E-state index contributed by atoms with van der Waals surface area (Å²) < 4.78 is 0. The number of aliphatic imine (C=N–C) groups is 1. The summed E-state index contributed by atoms with van der Waals surface area (Å²) in [5.74, 6) is 0.853. The minimum atomic E-state index is 0.687. The lowest BCUT2D eigenvalue weighted by Crippen LogP contribution is -2.25. The van der Waals surface area contributed by atoms with Crippen LogP contribution in [0.15, 0.2) is 64.7 Å². The largest absolute Gasteiger partial charge is 0.256 e. The van der Waals surface area contributed by atoms with Crippen LogP contribution in [0.25, 0.3) is 0 Å². The van der Waals surface area contributed by atoms with Gasteiger partial charge in [0.15, 0.2) is 5.17 Å². The molecule has 2 aromatic carbocycles. The van der Waals surface area contributed by atoms with Gasteiger partial charge in [-0.15, -0.1) is 0 Å². The van der Waals surface area contributed by atoms with E-state index in [1.165, 1.54) is 16.7 Å². The van der Waals surface area contributed by atoms with E-state index >= 15 is 0 Å². The summed E-state index contributed by atoms with van der Waals surface area (Å²) in [5, 5.41) is 5.35. The Morgan fingerprint density at radius 1 is 1.05 bits per heavy atom. The van der Waals surface area contributed by atoms with Gasteiger partial charge in [0, 0.05) is 5.75 Å². The molecule has 0 atom stereocenters. The van der Waals surface area contributed by atoms with Crippen LogP contribution in [0.2, 0.25) is 0 Å². The number of hydrogen-bond donors (Lipinski definition) is 1. The van der Waals surface area contributed by atoms with E-state index in [4.69, 9.17) is 0 Å². The first-order chi connectivity index (χ1) is 10.8. The van der Waals surface area contributed by atoms with Gasteiger partial charge in [0.25, 0.3) is 0 Å². The third-order valence-electron chi connectivity index (χ3n) is 3.58. The molecule has 2 aromatic rings. The molecule has 0 saturated carbocycles. The fourth-order valence-corrected chi connectivity index (χ4v) is 3.00. The van der Waals surface area contributed by atoms with Crippen molar-refractivity contribution in [3.8, 4) is 0 Å². The molecule has 22 heavy (non-hydrogen) atoms. The van der Waals surface area contributed by atoms with Crippen molar-refractivity contribution in [2.75, 3.05) is 5.75 Å². The number of hydrazone groups is 1. The normalized spacial score (nSPS) is 16.2. The van der Waals surface area contributed by atoms with Crippen molar-refractivity contribution < 1.29 is 0 Å². The van der Waals surface area contributed by atoms with Crippen molar-refractivity contribution in [2.45, 2.75) is 19.9 Å². The maximum atomic E-state index is 4.57. The first kappa shape index (κ1) is 14.9. The molecule has 3 rings (SSSR count). The Bertz CT molecular complexity index is 675. The summed E-state index contributed by atoms with van der Waals surface area (Å²) in [6.45, 7) is 2.85. The minimum Gasteiger partial charge on any atom is -0.256 e. The summed E-state index contributed by atoms with van der Waals surface area (Å²) in [6, 6.07) is 18.9. The molecule has 1 aliphatic rings. The van der Waals surface area contributed by atoms with E-state index < -0.39 is 0 Å². The molecule has 1 aliphatic heterocycles. The Balaban J connectivity index is 1.63. The Kier molecular flexibility index (Phi) is 4.91. The molecule has 1 N–H and O–H groups in total. The molecule has 0 amide bonds. The van der Waals surface area contributed by atoms with Crippen LogP contribution in [0.1, 0.15) is 23.6 Å². The highest BCUT2D eigenvalue weighted by atomic mass is 32.2. The third-order valence-corrected chi connectivity index (χ3v) is 4.49. The monoisotopic (exact) mass is 309 g/mol. The van der Waals surface area contributed by atoms with Gasteiger partial charge in [0.1, 0.15) is 0 Å². The second-order valence-corrected chi connectivity index (χ2v) is 6.08. The Hall–Kier alpha value is -2.07. The highest BCUT2D eigenvalue weighted by Crippen LogP contribution is 2.15. The summed E-state index contributed by atoms with van der Waals surface area (Å²) in [5.41, 5.74) is 7.89. The lowest BCUT2D eigenvalue weighted by molar-refractivity contribution is 0.987. The van der Waals surface area contributed by atoms with Gasteiger partial charge in [0.05, 0.1) is 12.3 Å². The first-order valence-electron chi connectivity index (χ1n) is 7.48. The summed E-state index contributed by atoms with van der Waals surface area (Å²) in [7, 11) is 0. The fraction of sp³-hybridized carbons (Fsp3) is 0.222. The van der Waals surface area contributed by atoms with Crippen molar-refractivity contribution >= 4 is 22.6 Å². The van der Waals surface area contributed by atoms with Crippen molar-refractivity contribution in [1.82, 2.24) is 5.43 Å². The molecular formula is C18H19N3S. The third kappa shape index (κ3) is 3.77. The smallest absolute Gasteiger partial charge is 0.177 e. The summed E-state index contributed by atoms with van der Waals surface area (Å²) in [4.78, 5) is 4.57. The van der Waals surface area contributed by atoms with Crippen LogP contribution < -0.4 is 5.43 Å². The summed E-state index contributed by atoms with van der Waals surface area (Å²) in [6.07, 6.45) is 1.07. The number of rotatable bonds is 4. The standard InChI is InChI=1S/C18H19N3S/c1-2-14-8-10-16(11-9-14)17-13-22-18(21-20-17)19-12-15-6-4-3-5-7-15/h3-11H,2,12-13H2,1H3,(H,19,21). The van der Waals surface area contributed by atoms with Crippen molar-refractivity contribution in [3.05, 3.63) is 71.3 Å². The number of amidine groups is 1. The Morgan fingerprint density at radius 3 is 2.45 bits per heavy atom. The number of hydrogen-bond acceptors (Lipinski definition) is 3. The SMILES string of the molecule is CCc1ccc(C2=NNC(=NCc3ccccc3)SC2)cc1. The van der Waals surface area contributed by atoms with Gasteiger partial charge in [-0.1, -0.05) is 73.3 Å². The van der Waals surface area contributed by atoms with Crippen LogP contribution in [0, 0.1) is 0 Å². The molecule has 4 heteroatoms. The lowest BCUT2D eigenvalue weighted by Gasteiger charge is -2.15. The van der Waals surface area contributed by atoms with Crippen LogP contribution in [0.4, 0.5) is 0 Å². The van der Waals surface area contributed by atoms with Crippen molar-refractivity contribution in [3.63, 3.8) is 0 Å². The topological polar surface area (TPSA) is 36.8 Å². The lowest BCUT2D eigenvalue weighted by atomic mass is 10.1. The van der Waals surface area contributed by atoms with E-state index in [2.05, 4.69) is 58.8 Å². The van der Waals surface area contributed by atoms with E-state index in [-0.39, 0.29) is 0 Å². The molecule has 1 heterocycles. The molecule has 0 radical (unpaired) electrons. The zero-order chi connectivity index (χ0) is 15.2. The zero-order valence-corrected chi connectivity index (χ0v) is 13.4.